The number of ether oxygens (including phenoxy) is 3. The third kappa shape index (κ3) is 5.84. The molecular formula is C34H36Cl2N4O7S. The summed E-state index contributed by atoms with van der Waals surface area (Å²) in [4.78, 5) is 21.8. The average molecular weight is 716 g/mol. The minimum atomic E-state index is -4.49. The van der Waals surface area contributed by atoms with E-state index in [-0.39, 0.29) is 20.6 Å². The first-order valence-corrected chi connectivity index (χ1v) is 17.6. The number of sulfonamides is 1. The number of carbonyl (C=O) groups is 1. The normalized spacial score (nSPS) is 19.6. The molecule has 11 nitrogen and oxygen atoms in total. The molecule has 1 N–H and O–H groups in total. The van der Waals surface area contributed by atoms with Crippen LogP contribution >= 0.6 is 23.2 Å². The van der Waals surface area contributed by atoms with Crippen LogP contribution in [0.4, 0.5) is 5.69 Å². The van der Waals surface area contributed by atoms with Gasteiger partial charge in [-0.3, -0.25) is 9.69 Å². The minimum absolute atomic E-state index is 0.0911. The van der Waals surface area contributed by atoms with E-state index in [4.69, 9.17) is 41.8 Å². The third-order valence-electron chi connectivity index (χ3n) is 8.84. The Labute approximate surface area is 289 Å². The standard InChI is InChI=1S/C34H36Cl2N4O7S/c1-44-16-5-13-37-21-22-7-12-31(46-3)26(18-22)34(39-15-4-6-29(39)32-38-14-17-47-32)25-19-27(35)28(36)20-30(25)40(33(34)41)48(42,43)24-10-8-23(45-2)9-11-24/h7-12,14,17-20,29,37H,4-6,13,15-16,21H2,1-3H3. The van der Waals surface area contributed by atoms with Crippen LogP contribution in [-0.2, 0) is 31.6 Å². The average Bonchev–Trinajstić information content (AvgIpc) is 3.84. The summed E-state index contributed by atoms with van der Waals surface area (Å²) in [5, 5.41) is 3.68. The Morgan fingerprint density at radius 3 is 2.48 bits per heavy atom. The van der Waals surface area contributed by atoms with Crippen LogP contribution < -0.4 is 19.1 Å². The molecule has 4 aromatic rings. The molecule has 0 aliphatic carbocycles. The van der Waals surface area contributed by atoms with Gasteiger partial charge in [0.2, 0.25) is 5.89 Å². The highest BCUT2D eigenvalue weighted by Gasteiger charge is 2.63. The van der Waals surface area contributed by atoms with Crippen LogP contribution in [-0.4, -0.2) is 65.2 Å². The molecular weight excluding hydrogens is 679 g/mol. The number of anilines is 1. The summed E-state index contributed by atoms with van der Waals surface area (Å²) in [6.07, 6.45) is 5.15. The summed E-state index contributed by atoms with van der Waals surface area (Å²) in [6, 6.07) is 14.0. The number of hydrogen-bond acceptors (Lipinski definition) is 10. The molecule has 2 unspecified atom stereocenters. The highest BCUT2D eigenvalue weighted by atomic mass is 35.5. The Morgan fingerprint density at radius 1 is 1.02 bits per heavy atom. The maximum atomic E-state index is 15.5. The van der Waals surface area contributed by atoms with Gasteiger partial charge < -0.3 is 23.9 Å². The molecule has 0 radical (unpaired) electrons. The number of benzene rings is 3. The third-order valence-corrected chi connectivity index (χ3v) is 11.3. The molecule has 2 aliphatic rings. The van der Waals surface area contributed by atoms with E-state index >= 15 is 4.79 Å². The van der Waals surface area contributed by atoms with Gasteiger partial charge in [-0.1, -0.05) is 29.3 Å². The van der Waals surface area contributed by atoms with Gasteiger partial charge in [0.25, 0.3) is 15.9 Å². The van der Waals surface area contributed by atoms with Crippen molar-refractivity contribution in [1.82, 2.24) is 15.2 Å². The highest BCUT2D eigenvalue weighted by Crippen LogP contribution is 2.57. The molecule has 14 heteroatoms. The number of nitrogens with one attached hydrogen (secondary N) is 1. The van der Waals surface area contributed by atoms with Crippen LogP contribution in [0, 0.1) is 0 Å². The number of rotatable bonds is 13. The van der Waals surface area contributed by atoms with Crippen molar-refractivity contribution in [2.45, 2.75) is 42.3 Å². The van der Waals surface area contributed by atoms with E-state index < -0.39 is 27.5 Å². The van der Waals surface area contributed by atoms with Gasteiger partial charge in [-0.05, 0) is 79.9 Å². The number of hydrogen-bond donors (Lipinski definition) is 1. The van der Waals surface area contributed by atoms with Crippen LogP contribution in [0.1, 0.15) is 47.9 Å². The number of fused-ring (bicyclic) bond motifs is 1. The molecule has 254 valence electrons. The van der Waals surface area contributed by atoms with Gasteiger partial charge in [0.1, 0.15) is 17.8 Å². The highest BCUT2D eigenvalue weighted by molar-refractivity contribution is 7.93. The first-order valence-electron chi connectivity index (χ1n) is 15.4. The van der Waals surface area contributed by atoms with Crippen LogP contribution in [0.3, 0.4) is 0 Å². The molecule has 0 spiro atoms. The summed E-state index contributed by atoms with van der Waals surface area (Å²) in [5.41, 5.74) is 0.0160. The lowest BCUT2D eigenvalue weighted by Gasteiger charge is -2.41. The number of carbonyl (C=O) groups excluding carboxylic acids is 1. The summed E-state index contributed by atoms with van der Waals surface area (Å²) in [6.45, 7) is 2.23. The van der Waals surface area contributed by atoms with E-state index in [9.17, 15) is 8.42 Å². The zero-order valence-electron chi connectivity index (χ0n) is 26.7. The Kier molecular flexibility index (Phi) is 10.0. The van der Waals surface area contributed by atoms with Crippen molar-refractivity contribution >= 4 is 44.8 Å². The lowest BCUT2D eigenvalue weighted by molar-refractivity contribution is -0.127. The SMILES string of the molecule is COCCCNCc1ccc(OC)c(C2(N3CCCC3c3ncco3)C(=O)N(S(=O)(=O)c3ccc(OC)cc3)c3cc(Cl)c(Cl)cc32)c1. The van der Waals surface area contributed by atoms with Crippen molar-refractivity contribution in [2.24, 2.45) is 0 Å². The van der Waals surface area contributed by atoms with Crippen molar-refractivity contribution in [2.75, 3.05) is 45.3 Å². The summed E-state index contributed by atoms with van der Waals surface area (Å²) >= 11 is 13.3. The van der Waals surface area contributed by atoms with Crippen molar-refractivity contribution in [3.63, 3.8) is 0 Å². The maximum Gasteiger partial charge on any atom is 0.271 e. The second-order valence-corrected chi connectivity index (χ2v) is 14.1. The Hall–Kier alpha value is -3.65. The van der Waals surface area contributed by atoms with Gasteiger partial charge in [0.05, 0.1) is 47.1 Å². The summed E-state index contributed by atoms with van der Waals surface area (Å²) in [7, 11) is 0.174. The second kappa shape index (κ2) is 14.1. The van der Waals surface area contributed by atoms with Gasteiger partial charge in [-0.15, -0.1) is 0 Å². The van der Waals surface area contributed by atoms with E-state index in [0.717, 1.165) is 16.3 Å². The first-order chi connectivity index (χ1) is 23.2. The molecule has 1 fully saturated rings. The Morgan fingerprint density at radius 2 is 1.79 bits per heavy atom. The Bertz CT molecular complexity index is 1890. The van der Waals surface area contributed by atoms with E-state index in [1.54, 1.807) is 25.4 Å². The molecule has 1 saturated heterocycles. The number of likely N-dealkylation sites (tertiary alicyclic amines) is 1. The predicted octanol–water partition coefficient (Wildman–Crippen LogP) is 5.94. The molecule has 0 bridgehead atoms. The van der Waals surface area contributed by atoms with Crippen molar-refractivity contribution in [3.8, 4) is 11.5 Å². The van der Waals surface area contributed by atoms with Crippen molar-refractivity contribution in [3.05, 3.63) is 99.7 Å². The zero-order chi connectivity index (χ0) is 34.1. The number of nitrogens with zero attached hydrogens (tertiary/aromatic N) is 3. The van der Waals surface area contributed by atoms with Crippen molar-refractivity contribution < 1.29 is 31.8 Å². The molecule has 3 heterocycles. The van der Waals surface area contributed by atoms with Crippen LogP contribution in [0.25, 0.3) is 0 Å². The number of methoxy groups -OCH3 is 3. The maximum absolute atomic E-state index is 15.5. The predicted molar refractivity (Wildman–Crippen MR) is 181 cm³/mol. The zero-order valence-corrected chi connectivity index (χ0v) is 29.1. The Balaban J connectivity index is 1.61. The molecule has 0 saturated carbocycles. The number of aromatic nitrogens is 1. The van der Waals surface area contributed by atoms with Crippen LogP contribution in [0.15, 0.2) is 76.4 Å². The van der Waals surface area contributed by atoms with Gasteiger partial charge in [0.15, 0.2) is 5.54 Å². The van der Waals surface area contributed by atoms with E-state index in [1.807, 2.05) is 17.0 Å². The summed E-state index contributed by atoms with van der Waals surface area (Å²) in [5.74, 6) is 0.543. The molecule has 3 aromatic carbocycles. The number of amides is 1. The molecule has 1 amide bonds. The first kappa shape index (κ1) is 34.2. The van der Waals surface area contributed by atoms with Gasteiger partial charge >= 0.3 is 0 Å². The van der Waals surface area contributed by atoms with Gasteiger partial charge in [-0.25, -0.2) is 17.7 Å². The van der Waals surface area contributed by atoms with Crippen molar-refractivity contribution in [1.29, 1.82) is 0 Å². The largest absolute Gasteiger partial charge is 0.497 e. The number of halogens is 2. The second-order valence-electron chi connectivity index (χ2n) is 11.5. The molecule has 1 aromatic heterocycles. The van der Waals surface area contributed by atoms with Crippen LogP contribution in [0.2, 0.25) is 10.0 Å². The molecule has 2 atom stereocenters. The molecule has 48 heavy (non-hydrogen) atoms. The smallest absolute Gasteiger partial charge is 0.271 e. The number of oxazole rings is 1. The quantitative estimate of drug-likeness (QED) is 0.167. The van der Waals surface area contributed by atoms with Gasteiger partial charge in [0, 0.05) is 37.9 Å². The lowest BCUT2D eigenvalue weighted by Crippen LogP contribution is -2.54. The fourth-order valence-corrected chi connectivity index (χ4v) is 8.47. The van der Waals surface area contributed by atoms with E-state index in [1.165, 1.54) is 50.8 Å². The lowest BCUT2D eigenvalue weighted by atomic mass is 9.80. The van der Waals surface area contributed by atoms with Crippen LogP contribution in [0.5, 0.6) is 11.5 Å². The fraction of sp³-hybridized carbons (Fsp3) is 0.353. The minimum Gasteiger partial charge on any atom is -0.497 e. The summed E-state index contributed by atoms with van der Waals surface area (Å²) < 4.78 is 52.2. The molecule has 2 aliphatic heterocycles. The van der Waals surface area contributed by atoms with Gasteiger partial charge in [-0.2, -0.15) is 0 Å². The van der Waals surface area contributed by atoms with E-state index in [2.05, 4.69) is 10.3 Å². The fourth-order valence-electron chi connectivity index (χ4n) is 6.70. The van der Waals surface area contributed by atoms with E-state index in [0.29, 0.717) is 67.6 Å². The molecule has 6 rings (SSSR count). The monoisotopic (exact) mass is 714 g/mol. The topological polar surface area (TPSA) is 123 Å².